The first-order chi connectivity index (χ1) is 8.13. The van der Waals surface area contributed by atoms with Crippen molar-refractivity contribution in [1.82, 2.24) is 0 Å². The number of nitrogens with zero attached hydrogens (tertiary/aromatic N) is 1. The molecule has 17 heavy (non-hydrogen) atoms. The Morgan fingerprint density at radius 1 is 1.29 bits per heavy atom. The van der Waals surface area contributed by atoms with Gasteiger partial charge in [0.2, 0.25) is 0 Å². The van der Waals surface area contributed by atoms with Gasteiger partial charge in [-0.3, -0.25) is 0 Å². The first-order valence-corrected chi connectivity index (χ1v) is 5.33. The summed E-state index contributed by atoms with van der Waals surface area (Å²) >= 11 is 0. The number of benzene rings is 1. The first-order valence-electron chi connectivity index (χ1n) is 5.33. The van der Waals surface area contributed by atoms with Gasteiger partial charge in [-0.1, -0.05) is 0 Å². The predicted molar refractivity (Wildman–Crippen MR) is 57.3 cm³/mol. The summed E-state index contributed by atoms with van der Waals surface area (Å²) in [5.41, 5.74) is 5.50. The Kier molecular flexibility index (Phi) is 3.54. The van der Waals surface area contributed by atoms with E-state index in [1.807, 2.05) is 0 Å². The van der Waals surface area contributed by atoms with Gasteiger partial charge in [-0.25, -0.2) is 13.2 Å². The van der Waals surface area contributed by atoms with Crippen LogP contribution in [0.2, 0.25) is 0 Å². The monoisotopic (exact) mass is 246 g/mol. The summed E-state index contributed by atoms with van der Waals surface area (Å²) in [6.07, 6.45) is -0.212. The molecular formula is C11H13F3N2O. The molecule has 0 radical (unpaired) electrons. The zero-order chi connectivity index (χ0) is 12.4. The minimum atomic E-state index is -1.45. The van der Waals surface area contributed by atoms with Gasteiger partial charge in [0.25, 0.3) is 0 Å². The highest BCUT2D eigenvalue weighted by molar-refractivity contribution is 5.48. The molecule has 0 amide bonds. The summed E-state index contributed by atoms with van der Waals surface area (Å²) in [6.45, 7) is 1.50. The molecule has 0 aromatic heterocycles. The Bertz CT molecular complexity index is 414. The minimum Gasteiger partial charge on any atom is -0.373 e. The minimum absolute atomic E-state index is 0.0469. The summed E-state index contributed by atoms with van der Waals surface area (Å²) in [5, 5.41) is 0. The highest BCUT2D eigenvalue weighted by Gasteiger charge is 2.24. The van der Waals surface area contributed by atoms with E-state index in [9.17, 15) is 13.2 Å². The molecule has 1 unspecified atom stereocenters. The van der Waals surface area contributed by atoms with Crippen LogP contribution in [-0.2, 0) is 4.74 Å². The van der Waals surface area contributed by atoms with E-state index in [2.05, 4.69) is 0 Å². The lowest BCUT2D eigenvalue weighted by Gasteiger charge is -2.34. The van der Waals surface area contributed by atoms with E-state index in [1.54, 1.807) is 4.90 Å². The van der Waals surface area contributed by atoms with E-state index in [4.69, 9.17) is 10.5 Å². The number of ether oxygens (including phenoxy) is 1. The molecule has 2 N–H and O–H groups in total. The normalized spacial score (nSPS) is 20.7. The molecule has 6 heteroatoms. The van der Waals surface area contributed by atoms with Crippen molar-refractivity contribution >= 4 is 5.69 Å². The molecule has 1 fully saturated rings. The van der Waals surface area contributed by atoms with Gasteiger partial charge in [0.05, 0.1) is 18.4 Å². The van der Waals surface area contributed by atoms with Crippen LogP contribution in [0.25, 0.3) is 0 Å². The lowest BCUT2D eigenvalue weighted by molar-refractivity contribution is 0.0463. The van der Waals surface area contributed by atoms with E-state index in [0.717, 1.165) is 6.07 Å². The van der Waals surface area contributed by atoms with Crippen LogP contribution in [0.15, 0.2) is 12.1 Å². The summed E-state index contributed by atoms with van der Waals surface area (Å²) < 4.78 is 44.7. The largest absolute Gasteiger partial charge is 0.373 e. The summed E-state index contributed by atoms with van der Waals surface area (Å²) in [7, 11) is 0. The van der Waals surface area contributed by atoms with Crippen LogP contribution in [0, 0.1) is 17.5 Å². The second-order valence-corrected chi connectivity index (χ2v) is 3.87. The third-order valence-electron chi connectivity index (χ3n) is 2.76. The third kappa shape index (κ3) is 2.37. The second-order valence-electron chi connectivity index (χ2n) is 3.87. The summed E-state index contributed by atoms with van der Waals surface area (Å²) in [5.74, 6) is -3.80. The molecule has 2 rings (SSSR count). The highest BCUT2D eigenvalue weighted by Crippen LogP contribution is 2.25. The Hall–Kier alpha value is -1.27. The predicted octanol–water partition coefficient (Wildman–Crippen LogP) is 1.27. The van der Waals surface area contributed by atoms with Gasteiger partial charge in [-0.2, -0.15) is 0 Å². The van der Waals surface area contributed by atoms with E-state index in [-0.39, 0.29) is 11.8 Å². The smallest absolute Gasteiger partial charge is 0.196 e. The van der Waals surface area contributed by atoms with Crippen molar-refractivity contribution in [2.24, 2.45) is 5.73 Å². The number of nitrogens with two attached hydrogens (primary N) is 1. The maximum Gasteiger partial charge on any atom is 0.196 e. The van der Waals surface area contributed by atoms with Gasteiger partial charge < -0.3 is 15.4 Å². The quantitative estimate of drug-likeness (QED) is 0.799. The molecular weight excluding hydrogens is 233 g/mol. The zero-order valence-electron chi connectivity index (χ0n) is 9.13. The van der Waals surface area contributed by atoms with Crippen LogP contribution in [-0.4, -0.2) is 32.3 Å². The number of anilines is 1. The summed E-state index contributed by atoms with van der Waals surface area (Å²) in [6, 6.07) is 2.15. The number of hydrogen-bond donors (Lipinski definition) is 1. The maximum absolute atomic E-state index is 13.5. The molecule has 1 aliphatic rings. The standard InChI is InChI=1S/C11H13F3N2O/c12-8-1-2-9(11(14)10(8)13)16-3-4-17-7(5-15)6-16/h1-2,7H,3-6,15H2. The van der Waals surface area contributed by atoms with E-state index in [1.165, 1.54) is 6.07 Å². The van der Waals surface area contributed by atoms with Gasteiger partial charge in [0, 0.05) is 19.6 Å². The average Bonchev–Trinajstić information content (AvgIpc) is 2.36. The first kappa shape index (κ1) is 12.2. The van der Waals surface area contributed by atoms with Crippen LogP contribution in [0.3, 0.4) is 0 Å². The van der Waals surface area contributed by atoms with Gasteiger partial charge in [0.1, 0.15) is 0 Å². The van der Waals surface area contributed by atoms with E-state index < -0.39 is 17.5 Å². The molecule has 0 bridgehead atoms. The van der Waals surface area contributed by atoms with Gasteiger partial charge in [-0.15, -0.1) is 0 Å². The van der Waals surface area contributed by atoms with Gasteiger partial charge in [0.15, 0.2) is 17.5 Å². The van der Waals surface area contributed by atoms with Crippen molar-refractivity contribution in [3.63, 3.8) is 0 Å². The van der Waals surface area contributed by atoms with Crippen molar-refractivity contribution in [2.45, 2.75) is 6.10 Å². The molecule has 3 nitrogen and oxygen atoms in total. The third-order valence-corrected chi connectivity index (χ3v) is 2.76. The molecule has 1 aliphatic heterocycles. The molecule has 0 aliphatic carbocycles. The molecule has 1 saturated heterocycles. The second kappa shape index (κ2) is 4.93. The van der Waals surface area contributed by atoms with Crippen molar-refractivity contribution in [1.29, 1.82) is 0 Å². The fourth-order valence-electron chi connectivity index (χ4n) is 1.84. The number of halogens is 3. The number of hydrogen-bond acceptors (Lipinski definition) is 3. The Morgan fingerprint density at radius 2 is 2.06 bits per heavy atom. The zero-order valence-corrected chi connectivity index (χ0v) is 9.13. The molecule has 0 spiro atoms. The highest BCUT2D eigenvalue weighted by atomic mass is 19.2. The van der Waals surface area contributed by atoms with Crippen molar-refractivity contribution in [3.8, 4) is 0 Å². The molecule has 1 aromatic rings. The van der Waals surface area contributed by atoms with Crippen molar-refractivity contribution in [3.05, 3.63) is 29.6 Å². The van der Waals surface area contributed by atoms with Gasteiger partial charge >= 0.3 is 0 Å². The molecule has 1 heterocycles. The number of morpholine rings is 1. The van der Waals surface area contributed by atoms with Crippen molar-refractivity contribution < 1.29 is 17.9 Å². The molecule has 0 saturated carbocycles. The average molecular weight is 246 g/mol. The van der Waals surface area contributed by atoms with Crippen LogP contribution >= 0.6 is 0 Å². The molecule has 94 valence electrons. The van der Waals surface area contributed by atoms with Crippen LogP contribution in [0.1, 0.15) is 0 Å². The maximum atomic E-state index is 13.5. The lowest BCUT2D eigenvalue weighted by Crippen LogP contribution is -2.46. The van der Waals surface area contributed by atoms with E-state index >= 15 is 0 Å². The fourth-order valence-corrected chi connectivity index (χ4v) is 1.84. The summed E-state index contributed by atoms with van der Waals surface area (Å²) in [4.78, 5) is 1.61. The molecule has 1 aromatic carbocycles. The molecule has 1 atom stereocenters. The van der Waals surface area contributed by atoms with Crippen molar-refractivity contribution in [2.75, 3.05) is 31.1 Å². The number of rotatable bonds is 2. The van der Waals surface area contributed by atoms with Gasteiger partial charge in [-0.05, 0) is 12.1 Å². The SMILES string of the molecule is NCC1CN(c2ccc(F)c(F)c2F)CCO1. The fraction of sp³-hybridized carbons (Fsp3) is 0.455. The van der Waals surface area contributed by atoms with Crippen LogP contribution in [0.5, 0.6) is 0 Å². The Balaban J connectivity index is 2.25. The van der Waals surface area contributed by atoms with Crippen LogP contribution < -0.4 is 10.6 Å². The Morgan fingerprint density at radius 3 is 2.76 bits per heavy atom. The topological polar surface area (TPSA) is 38.5 Å². The van der Waals surface area contributed by atoms with E-state index in [0.29, 0.717) is 26.2 Å². The lowest BCUT2D eigenvalue weighted by atomic mass is 10.2. The van der Waals surface area contributed by atoms with Crippen LogP contribution in [0.4, 0.5) is 18.9 Å². The Labute approximate surface area is 97.0 Å².